The maximum atomic E-state index is 12.6. The van der Waals surface area contributed by atoms with Crippen LogP contribution in [0.5, 0.6) is 0 Å². The number of nitrogens with one attached hydrogen (secondary N) is 2. The number of sulfonamides is 2. The first-order chi connectivity index (χ1) is 12.7. The Labute approximate surface area is 162 Å². The van der Waals surface area contributed by atoms with Gasteiger partial charge in [-0.05, 0) is 49.7 Å². The van der Waals surface area contributed by atoms with E-state index >= 15 is 0 Å². The summed E-state index contributed by atoms with van der Waals surface area (Å²) in [6, 6.07) is 10.5. The second-order valence-electron chi connectivity index (χ2n) is 5.84. The predicted molar refractivity (Wildman–Crippen MR) is 106 cm³/mol. The molecule has 0 amide bonds. The van der Waals surface area contributed by atoms with Crippen LogP contribution in [-0.4, -0.2) is 21.8 Å². The highest BCUT2D eigenvalue weighted by Crippen LogP contribution is 2.23. The second-order valence-corrected chi connectivity index (χ2v) is 10.1. The first kappa shape index (κ1) is 19.3. The third kappa shape index (κ3) is 4.46. The predicted octanol–water partition coefficient (Wildman–Crippen LogP) is 3.36. The molecule has 27 heavy (non-hydrogen) atoms. The zero-order valence-corrected chi connectivity index (χ0v) is 17.0. The summed E-state index contributed by atoms with van der Waals surface area (Å²) in [6.07, 6.45) is 1.49. The smallest absolute Gasteiger partial charge is 0.263 e. The SMILES string of the molecule is Cc1ccc(S(=O)(=O)Nc2ccc(S(=O)(=O)Nc3nccs3)cc2)c(C)c1. The van der Waals surface area contributed by atoms with Crippen LogP contribution in [0.25, 0.3) is 0 Å². The van der Waals surface area contributed by atoms with Crippen LogP contribution in [0.15, 0.2) is 63.8 Å². The molecule has 142 valence electrons. The van der Waals surface area contributed by atoms with Gasteiger partial charge < -0.3 is 0 Å². The van der Waals surface area contributed by atoms with Crippen molar-refractivity contribution in [3.05, 3.63) is 65.2 Å². The molecular weight excluding hydrogens is 406 g/mol. The Balaban J connectivity index is 1.81. The normalized spacial score (nSPS) is 11.9. The van der Waals surface area contributed by atoms with Crippen molar-refractivity contribution in [1.29, 1.82) is 0 Å². The topological polar surface area (TPSA) is 105 Å². The number of benzene rings is 2. The third-order valence-electron chi connectivity index (χ3n) is 3.69. The first-order valence-corrected chi connectivity index (χ1v) is 11.6. The van der Waals surface area contributed by atoms with Crippen molar-refractivity contribution >= 4 is 42.2 Å². The number of hydrogen-bond acceptors (Lipinski definition) is 6. The van der Waals surface area contributed by atoms with Crippen LogP contribution < -0.4 is 9.44 Å². The molecule has 3 rings (SSSR count). The molecule has 0 bridgehead atoms. The van der Waals surface area contributed by atoms with Crippen LogP contribution in [0.2, 0.25) is 0 Å². The molecule has 0 aliphatic heterocycles. The fourth-order valence-corrected chi connectivity index (χ4v) is 5.54. The molecule has 0 aliphatic carbocycles. The lowest BCUT2D eigenvalue weighted by Gasteiger charge is -2.11. The van der Waals surface area contributed by atoms with Crippen molar-refractivity contribution in [3.8, 4) is 0 Å². The number of aryl methyl sites for hydroxylation is 2. The Morgan fingerprint density at radius 1 is 0.889 bits per heavy atom. The molecule has 2 N–H and O–H groups in total. The maximum absolute atomic E-state index is 12.6. The van der Waals surface area contributed by atoms with Crippen LogP contribution in [0.1, 0.15) is 11.1 Å². The molecule has 1 heterocycles. The largest absolute Gasteiger partial charge is 0.280 e. The third-order valence-corrected chi connectivity index (χ3v) is 7.40. The number of thiazole rings is 1. The van der Waals surface area contributed by atoms with Gasteiger partial charge in [0, 0.05) is 17.3 Å². The molecule has 10 heteroatoms. The van der Waals surface area contributed by atoms with Crippen molar-refractivity contribution in [2.75, 3.05) is 9.44 Å². The molecule has 2 aromatic carbocycles. The number of nitrogens with zero attached hydrogens (tertiary/aromatic N) is 1. The summed E-state index contributed by atoms with van der Waals surface area (Å²) >= 11 is 1.16. The molecule has 1 aromatic heterocycles. The number of aromatic nitrogens is 1. The van der Waals surface area contributed by atoms with Crippen LogP contribution >= 0.6 is 11.3 Å². The van der Waals surface area contributed by atoms with E-state index in [0.717, 1.165) is 16.9 Å². The summed E-state index contributed by atoms with van der Waals surface area (Å²) in [5, 5.41) is 1.91. The van der Waals surface area contributed by atoms with E-state index in [1.165, 1.54) is 30.5 Å². The Bertz CT molecular complexity index is 1150. The lowest BCUT2D eigenvalue weighted by Crippen LogP contribution is -2.15. The average Bonchev–Trinajstić information content (AvgIpc) is 3.06. The highest BCUT2D eigenvalue weighted by molar-refractivity contribution is 7.93. The lowest BCUT2D eigenvalue weighted by atomic mass is 10.2. The van der Waals surface area contributed by atoms with Crippen LogP contribution in [0.4, 0.5) is 10.8 Å². The number of anilines is 2. The highest BCUT2D eigenvalue weighted by Gasteiger charge is 2.19. The van der Waals surface area contributed by atoms with Crippen molar-refractivity contribution in [2.45, 2.75) is 23.6 Å². The van der Waals surface area contributed by atoms with Gasteiger partial charge in [-0.25, -0.2) is 21.8 Å². The summed E-state index contributed by atoms with van der Waals surface area (Å²) in [5.41, 5.74) is 1.87. The Hall–Kier alpha value is -2.43. The molecule has 0 saturated heterocycles. The van der Waals surface area contributed by atoms with E-state index in [1.807, 2.05) is 6.92 Å². The van der Waals surface area contributed by atoms with Crippen molar-refractivity contribution in [2.24, 2.45) is 0 Å². The number of rotatable bonds is 6. The van der Waals surface area contributed by atoms with E-state index < -0.39 is 20.0 Å². The lowest BCUT2D eigenvalue weighted by molar-refractivity contribution is 0.599. The minimum absolute atomic E-state index is 0.00663. The van der Waals surface area contributed by atoms with E-state index in [2.05, 4.69) is 14.4 Å². The molecule has 0 atom stereocenters. The Morgan fingerprint density at radius 3 is 2.19 bits per heavy atom. The van der Waals surface area contributed by atoms with Gasteiger partial charge in [-0.2, -0.15) is 0 Å². The zero-order valence-electron chi connectivity index (χ0n) is 14.5. The fourth-order valence-electron chi connectivity index (χ4n) is 2.46. The van der Waals surface area contributed by atoms with Gasteiger partial charge in [0.25, 0.3) is 20.0 Å². The van der Waals surface area contributed by atoms with E-state index in [1.54, 1.807) is 30.5 Å². The summed E-state index contributed by atoms with van der Waals surface area (Å²) in [6.45, 7) is 3.61. The van der Waals surface area contributed by atoms with Gasteiger partial charge >= 0.3 is 0 Å². The van der Waals surface area contributed by atoms with Crippen LogP contribution in [0.3, 0.4) is 0 Å². The molecular formula is C17H17N3O4S3. The van der Waals surface area contributed by atoms with E-state index in [9.17, 15) is 16.8 Å². The summed E-state index contributed by atoms with van der Waals surface area (Å²) < 4.78 is 54.6. The van der Waals surface area contributed by atoms with E-state index in [-0.39, 0.29) is 20.6 Å². The first-order valence-electron chi connectivity index (χ1n) is 7.80. The van der Waals surface area contributed by atoms with Crippen molar-refractivity contribution < 1.29 is 16.8 Å². The highest BCUT2D eigenvalue weighted by atomic mass is 32.2. The summed E-state index contributed by atoms with van der Waals surface area (Å²) in [4.78, 5) is 4.06. The standard InChI is InChI=1S/C17H17N3O4S3/c1-12-3-8-16(13(2)11-12)27(23,24)19-14-4-6-15(7-5-14)26(21,22)20-17-18-9-10-25-17/h3-11,19H,1-2H3,(H,18,20). The van der Waals surface area contributed by atoms with Gasteiger partial charge in [0.05, 0.1) is 9.79 Å². The molecule has 7 nitrogen and oxygen atoms in total. The Morgan fingerprint density at radius 2 is 1.59 bits per heavy atom. The van der Waals surface area contributed by atoms with Crippen molar-refractivity contribution in [1.82, 2.24) is 4.98 Å². The molecule has 0 saturated carbocycles. The quantitative estimate of drug-likeness (QED) is 0.632. The molecule has 0 aliphatic rings. The van der Waals surface area contributed by atoms with Gasteiger partial charge in [-0.3, -0.25) is 9.44 Å². The van der Waals surface area contributed by atoms with Gasteiger partial charge in [0.1, 0.15) is 0 Å². The fraction of sp³-hybridized carbons (Fsp3) is 0.118. The molecule has 0 radical (unpaired) electrons. The minimum Gasteiger partial charge on any atom is -0.280 e. The number of hydrogen-bond donors (Lipinski definition) is 2. The minimum atomic E-state index is -3.79. The average molecular weight is 424 g/mol. The zero-order chi connectivity index (χ0) is 19.7. The van der Waals surface area contributed by atoms with Gasteiger partial charge in [0.2, 0.25) is 0 Å². The second kappa shape index (κ2) is 7.29. The maximum Gasteiger partial charge on any atom is 0.263 e. The Kier molecular flexibility index (Phi) is 5.22. The monoisotopic (exact) mass is 423 g/mol. The van der Waals surface area contributed by atoms with E-state index in [4.69, 9.17) is 0 Å². The van der Waals surface area contributed by atoms with Crippen LogP contribution in [-0.2, 0) is 20.0 Å². The summed E-state index contributed by atoms with van der Waals surface area (Å²) in [5.74, 6) is 0. The molecule has 0 spiro atoms. The molecule has 0 unspecified atom stereocenters. The van der Waals surface area contributed by atoms with Crippen molar-refractivity contribution in [3.63, 3.8) is 0 Å². The molecule has 3 aromatic rings. The van der Waals surface area contributed by atoms with Gasteiger partial charge in [-0.1, -0.05) is 17.7 Å². The molecule has 0 fully saturated rings. The van der Waals surface area contributed by atoms with Crippen LogP contribution in [0, 0.1) is 13.8 Å². The van der Waals surface area contributed by atoms with E-state index in [0.29, 0.717) is 5.56 Å². The van der Waals surface area contributed by atoms with Gasteiger partial charge in [-0.15, -0.1) is 11.3 Å². The summed E-state index contributed by atoms with van der Waals surface area (Å²) in [7, 11) is -7.56. The van der Waals surface area contributed by atoms with Gasteiger partial charge in [0.15, 0.2) is 5.13 Å².